The van der Waals surface area contributed by atoms with Crippen molar-refractivity contribution < 1.29 is 13.6 Å². The number of amides is 2. The van der Waals surface area contributed by atoms with E-state index in [0.717, 1.165) is 66.9 Å². The number of hydrogen-bond acceptors (Lipinski definition) is 5. The SMILES string of the molecule is CCCCN1C(=O)N(CCCn2nnc(Cc3cc(F)ccc3F)n2)C(=C2CC2)c2[nH]c(C)nc21. The summed E-state index contributed by atoms with van der Waals surface area (Å²) in [7, 11) is 0. The molecule has 1 aromatic carbocycles. The maximum absolute atomic E-state index is 13.9. The fourth-order valence-electron chi connectivity index (χ4n) is 4.36. The lowest BCUT2D eigenvalue weighted by atomic mass is 10.1. The Bertz CT molecular complexity index is 1270. The number of anilines is 1. The lowest BCUT2D eigenvalue weighted by Gasteiger charge is -2.36. The van der Waals surface area contributed by atoms with Crippen molar-refractivity contribution in [2.45, 2.75) is 58.9 Å². The largest absolute Gasteiger partial charge is 0.339 e. The lowest BCUT2D eigenvalue weighted by molar-refractivity contribution is 0.221. The molecule has 3 aromatic rings. The highest BCUT2D eigenvalue weighted by molar-refractivity contribution is 6.04. The quantitative estimate of drug-likeness (QED) is 0.493. The van der Waals surface area contributed by atoms with Gasteiger partial charge in [0, 0.05) is 19.5 Å². The van der Waals surface area contributed by atoms with Crippen LogP contribution < -0.4 is 4.90 Å². The molecule has 1 N–H and O–H groups in total. The third-order valence-electron chi connectivity index (χ3n) is 6.19. The van der Waals surface area contributed by atoms with E-state index in [9.17, 15) is 13.6 Å². The first kappa shape index (κ1) is 23.1. The molecule has 2 aromatic heterocycles. The van der Waals surface area contributed by atoms with Crippen LogP contribution >= 0.6 is 0 Å². The van der Waals surface area contributed by atoms with Gasteiger partial charge in [0.2, 0.25) is 0 Å². The third kappa shape index (κ3) is 4.80. The van der Waals surface area contributed by atoms with Crippen LogP contribution in [0.4, 0.5) is 19.4 Å². The Labute approximate surface area is 201 Å². The maximum Gasteiger partial charge on any atom is 0.330 e. The normalized spacial score (nSPS) is 15.3. The van der Waals surface area contributed by atoms with Crippen LogP contribution in [-0.4, -0.2) is 54.2 Å². The second kappa shape index (κ2) is 9.55. The molecule has 0 spiro atoms. The van der Waals surface area contributed by atoms with Crippen molar-refractivity contribution in [3.63, 3.8) is 0 Å². The molecule has 0 atom stereocenters. The van der Waals surface area contributed by atoms with E-state index in [-0.39, 0.29) is 18.0 Å². The summed E-state index contributed by atoms with van der Waals surface area (Å²) in [4.78, 5) is 26.5. The Morgan fingerprint density at radius 2 is 1.89 bits per heavy atom. The Kier molecular flexibility index (Phi) is 6.31. The van der Waals surface area contributed by atoms with Crippen molar-refractivity contribution in [3.05, 3.63) is 58.3 Å². The average molecular weight is 483 g/mol. The highest BCUT2D eigenvalue weighted by Gasteiger charge is 2.39. The van der Waals surface area contributed by atoms with E-state index in [2.05, 4.69) is 32.3 Å². The molecule has 0 unspecified atom stereocenters. The number of aromatic nitrogens is 6. The van der Waals surface area contributed by atoms with Gasteiger partial charge < -0.3 is 4.98 Å². The Morgan fingerprint density at radius 3 is 2.66 bits per heavy atom. The molecule has 184 valence electrons. The van der Waals surface area contributed by atoms with Crippen LogP contribution in [0.1, 0.15) is 61.9 Å². The smallest absolute Gasteiger partial charge is 0.330 e. The number of urea groups is 1. The number of unbranched alkanes of at least 4 members (excludes halogenated alkanes) is 1. The van der Waals surface area contributed by atoms with E-state index >= 15 is 0 Å². The van der Waals surface area contributed by atoms with E-state index < -0.39 is 11.6 Å². The van der Waals surface area contributed by atoms with E-state index in [1.807, 2.05) is 11.8 Å². The molecular weight excluding hydrogens is 454 g/mol. The fraction of sp³-hybridized carbons (Fsp3) is 0.458. The molecule has 1 fully saturated rings. The Hall–Kier alpha value is -3.63. The van der Waals surface area contributed by atoms with Gasteiger partial charge in [0.05, 0.1) is 12.2 Å². The number of H-pyrrole nitrogens is 1. The van der Waals surface area contributed by atoms with Crippen LogP contribution in [0.25, 0.3) is 5.70 Å². The molecule has 1 aliphatic carbocycles. The maximum atomic E-state index is 13.9. The minimum atomic E-state index is -0.510. The van der Waals surface area contributed by atoms with Gasteiger partial charge in [0.15, 0.2) is 11.6 Å². The first-order valence-corrected chi connectivity index (χ1v) is 12.0. The van der Waals surface area contributed by atoms with Crippen LogP contribution in [0.5, 0.6) is 0 Å². The second-order valence-corrected chi connectivity index (χ2v) is 8.98. The van der Waals surface area contributed by atoms with Gasteiger partial charge in [-0.05, 0) is 67.2 Å². The van der Waals surface area contributed by atoms with Gasteiger partial charge in [-0.25, -0.2) is 18.6 Å². The fourth-order valence-corrected chi connectivity index (χ4v) is 4.36. The van der Waals surface area contributed by atoms with Gasteiger partial charge in [-0.2, -0.15) is 4.80 Å². The standard InChI is InChI=1S/C24H28F2N8O/c1-3-4-10-33-23-21(27-15(2)28-23)22(16-6-7-16)32(24(33)35)11-5-12-34-30-20(29-31-34)14-17-13-18(25)8-9-19(17)26/h8-9,13H,3-7,10-12,14H2,1-2H3,(H,27,28). The summed E-state index contributed by atoms with van der Waals surface area (Å²) in [6.07, 6.45) is 4.51. The zero-order valence-corrected chi connectivity index (χ0v) is 19.9. The second-order valence-electron chi connectivity index (χ2n) is 8.98. The summed E-state index contributed by atoms with van der Waals surface area (Å²) in [6, 6.07) is 3.25. The first-order valence-electron chi connectivity index (χ1n) is 12.0. The van der Waals surface area contributed by atoms with Crippen LogP contribution in [0.15, 0.2) is 23.8 Å². The highest BCUT2D eigenvalue weighted by Crippen LogP contribution is 2.43. The van der Waals surface area contributed by atoms with Crippen molar-refractivity contribution in [2.75, 3.05) is 18.0 Å². The summed E-state index contributed by atoms with van der Waals surface area (Å²) >= 11 is 0. The molecule has 1 saturated carbocycles. The van der Waals surface area contributed by atoms with Crippen LogP contribution in [0.3, 0.4) is 0 Å². The van der Waals surface area contributed by atoms with Crippen molar-refractivity contribution in [1.29, 1.82) is 0 Å². The predicted molar refractivity (Wildman–Crippen MR) is 125 cm³/mol. The molecule has 11 heteroatoms. The number of hydrogen-bond donors (Lipinski definition) is 1. The number of benzene rings is 1. The molecule has 2 aliphatic rings. The Balaban J connectivity index is 1.28. The number of carbonyl (C=O) groups excluding carboxylic acids is 1. The third-order valence-corrected chi connectivity index (χ3v) is 6.19. The van der Waals surface area contributed by atoms with E-state index in [1.165, 1.54) is 10.4 Å². The summed E-state index contributed by atoms with van der Waals surface area (Å²) in [5.74, 6) is 0.808. The number of fused-ring (bicyclic) bond motifs is 1. The average Bonchev–Trinajstić information content (AvgIpc) is 3.45. The molecule has 0 radical (unpaired) electrons. The molecule has 0 bridgehead atoms. The monoisotopic (exact) mass is 482 g/mol. The number of aryl methyl sites for hydroxylation is 2. The van der Waals surface area contributed by atoms with Gasteiger partial charge in [0.1, 0.15) is 23.2 Å². The van der Waals surface area contributed by atoms with Crippen molar-refractivity contribution >= 4 is 17.5 Å². The predicted octanol–water partition coefficient (Wildman–Crippen LogP) is 4.21. The molecular formula is C24H28F2N8O. The van der Waals surface area contributed by atoms with E-state index in [4.69, 9.17) is 0 Å². The molecule has 9 nitrogen and oxygen atoms in total. The number of rotatable bonds is 9. The van der Waals surface area contributed by atoms with Crippen molar-refractivity contribution in [1.82, 2.24) is 35.1 Å². The molecule has 1 aliphatic heterocycles. The summed E-state index contributed by atoms with van der Waals surface area (Å²) in [6.45, 7) is 5.56. The summed E-state index contributed by atoms with van der Waals surface area (Å²) < 4.78 is 27.4. The van der Waals surface area contributed by atoms with Crippen LogP contribution in [-0.2, 0) is 13.0 Å². The highest BCUT2D eigenvalue weighted by atomic mass is 19.1. The Morgan fingerprint density at radius 1 is 1.09 bits per heavy atom. The number of halogens is 2. The van der Waals surface area contributed by atoms with E-state index in [0.29, 0.717) is 31.9 Å². The molecule has 35 heavy (non-hydrogen) atoms. The van der Waals surface area contributed by atoms with Crippen LogP contribution in [0, 0.1) is 18.6 Å². The number of nitrogens with one attached hydrogen (secondary N) is 1. The molecule has 2 amide bonds. The first-order chi connectivity index (χ1) is 16.9. The number of allylic oxidation sites excluding steroid dienone is 1. The summed E-state index contributed by atoms with van der Waals surface area (Å²) in [5, 5.41) is 12.3. The number of aromatic amines is 1. The van der Waals surface area contributed by atoms with Gasteiger partial charge >= 0.3 is 6.03 Å². The van der Waals surface area contributed by atoms with Gasteiger partial charge in [-0.3, -0.25) is 9.80 Å². The van der Waals surface area contributed by atoms with Crippen LogP contribution in [0.2, 0.25) is 0 Å². The number of nitrogens with zero attached hydrogens (tertiary/aromatic N) is 7. The molecule has 5 rings (SSSR count). The molecule has 0 saturated heterocycles. The minimum absolute atomic E-state index is 0.0544. The molecule has 3 heterocycles. The number of imidazole rings is 1. The number of tetrazole rings is 1. The zero-order chi connectivity index (χ0) is 24.5. The lowest BCUT2D eigenvalue weighted by Crippen LogP contribution is -2.47. The van der Waals surface area contributed by atoms with Crippen molar-refractivity contribution in [3.8, 4) is 0 Å². The topological polar surface area (TPSA) is 95.8 Å². The van der Waals surface area contributed by atoms with Gasteiger partial charge in [-0.15, -0.1) is 10.2 Å². The summed E-state index contributed by atoms with van der Waals surface area (Å²) in [5.41, 5.74) is 3.31. The minimum Gasteiger partial charge on any atom is -0.339 e. The van der Waals surface area contributed by atoms with Crippen molar-refractivity contribution in [2.24, 2.45) is 0 Å². The van der Waals surface area contributed by atoms with Gasteiger partial charge in [0.25, 0.3) is 0 Å². The zero-order valence-electron chi connectivity index (χ0n) is 19.9. The number of carbonyl (C=O) groups is 1. The van der Waals surface area contributed by atoms with E-state index in [1.54, 1.807) is 4.90 Å². The van der Waals surface area contributed by atoms with Gasteiger partial charge in [-0.1, -0.05) is 13.3 Å².